The molecule has 0 aromatic heterocycles. The summed E-state index contributed by atoms with van der Waals surface area (Å²) in [7, 11) is 1.60. The van der Waals surface area contributed by atoms with Gasteiger partial charge in [-0.05, 0) is 30.5 Å². The van der Waals surface area contributed by atoms with Crippen molar-refractivity contribution in [3.05, 3.63) is 71.3 Å². The van der Waals surface area contributed by atoms with Crippen LogP contribution in [0.2, 0.25) is 0 Å². The lowest BCUT2D eigenvalue weighted by molar-refractivity contribution is -0.109. The highest BCUT2D eigenvalue weighted by atomic mass is 16.5. The smallest absolute Gasteiger partial charge is 0.207 e. The normalized spacial score (nSPS) is 11.8. The van der Waals surface area contributed by atoms with E-state index in [0.29, 0.717) is 13.0 Å². The molecule has 1 amide bonds. The summed E-state index contributed by atoms with van der Waals surface area (Å²) in [5, 5.41) is 12.4. The van der Waals surface area contributed by atoms with Crippen molar-refractivity contribution in [2.24, 2.45) is 0 Å². The minimum Gasteiger partial charge on any atom is -0.386 e. The van der Waals surface area contributed by atoms with Crippen LogP contribution in [0.4, 0.5) is 0 Å². The van der Waals surface area contributed by atoms with Gasteiger partial charge in [-0.1, -0.05) is 68.4 Å². The quantitative estimate of drug-likeness (QED) is 0.777. The van der Waals surface area contributed by atoms with E-state index in [9.17, 15) is 9.90 Å². The summed E-state index contributed by atoms with van der Waals surface area (Å²) in [6.07, 6.45) is -0.000185. The van der Waals surface area contributed by atoms with Crippen molar-refractivity contribution >= 4 is 6.41 Å². The first-order valence-electron chi connectivity index (χ1n) is 8.57. The number of aliphatic hydroxyl groups is 1. The van der Waals surface area contributed by atoms with Crippen LogP contribution in [-0.2, 0) is 16.1 Å². The lowest BCUT2D eigenvalue weighted by atomic mass is 10.0. The van der Waals surface area contributed by atoms with Crippen LogP contribution in [0.25, 0.3) is 0 Å². The zero-order chi connectivity index (χ0) is 19.1. The number of ether oxygens (including phenoxy) is 1. The highest BCUT2D eigenvalue weighted by molar-refractivity contribution is 5.46. The summed E-state index contributed by atoms with van der Waals surface area (Å²) in [5.41, 5.74) is 3.16. The maximum absolute atomic E-state index is 9.87. The average molecular weight is 345 g/mol. The second kappa shape index (κ2) is 14.2. The second-order valence-corrected chi connectivity index (χ2v) is 5.23. The number of hydrogen-bond acceptors (Lipinski definition) is 3. The van der Waals surface area contributed by atoms with Crippen LogP contribution < -0.4 is 5.32 Å². The lowest BCUT2D eigenvalue weighted by Crippen LogP contribution is -2.17. The van der Waals surface area contributed by atoms with E-state index in [0.717, 1.165) is 16.7 Å². The van der Waals surface area contributed by atoms with Crippen LogP contribution in [-0.4, -0.2) is 24.7 Å². The van der Waals surface area contributed by atoms with Gasteiger partial charge in [-0.2, -0.15) is 0 Å². The van der Waals surface area contributed by atoms with Crippen LogP contribution in [0.15, 0.2) is 54.6 Å². The first-order chi connectivity index (χ1) is 12.1. The number of benzene rings is 2. The van der Waals surface area contributed by atoms with Crippen LogP contribution in [0.1, 0.15) is 43.6 Å². The Bertz CT molecular complexity index is 572. The maximum atomic E-state index is 9.87. The minimum absolute atomic E-state index is 0.166. The Kier molecular flexibility index (Phi) is 13.0. The second-order valence-electron chi connectivity index (χ2n) is 5.23. The minimum atomic E-state index is -0.536. The summed E-state index contributed by atoms with van der Waals surface area (Å²) < 4.78 is 5.07. The van der Waals surface area contributed by atoms with Crippen molar-refractivity contribution in [1.82, 2.24) is 5.32 Å². The third-order valence-electron chi connectivity index (χ3n) is 3.56. The molecule has 138 valence electrons. The number of hydrogen-bond donors (Lipinski definition) is 2. The van der Waals surface area contributed by atoms with Crippen molar-refractivity contribution < 1.29 is 14.6 Å². The summed E-state index contributed by atoms with van der Waals surface area (Å²) in [4.78, 5) is 9.87. The number of methoxy groups -OCH3 is 1. The van der Waals surface area contributed by atoms with Gasteiger partial charge in [0, 0.05) is 13.7 Å². The van der Waals surface area contributed by atoms with E-state index in [-0.39, 0.29) is 6.10 Å². The molecule has 0 spiro atoms. The van der Waals surface area contributed by atoms with Gasteiger partial charge in [0.25, 0.3) is 0 Å². The molecule has 2 rings (SSSR count). The van der Waals surface area contributed by atoms with E-state index in [2.05, 4.69) is 5.32 Å². The molecule has 0 fully saturated rings. The fraction of sp³-hybridized carbons (Fsp3) is 0.381. The van der Waals surface area contributed by atoms with Gasteiger partial charge < -0.3 is 15.2 Å². The van der Waals surface area contributed by atoms with E-state index in [1.165, 1.54) is 0 Å². The molecule has 2 atom stereocenters. The molecule has 0 saturated carbocycles. The molecule has 2 aromatic rings. The van der Waals surface area contributed by atoms with Crippen LogP contribution >= 0.6 is 0 Å². The Morgan fingerprint density at radius 2 is 1.64 bits per heavy atom. The van der Waals surface area contributed by atoms with Crippen molar-refractivity contribution in [3.63, 3.8) is 0 Å². The first kappa shape index (κ1) is 22.8. The van der Waals surface area contributed by atoms with Gasteiger partial charge in [0.2, 0.25) is 6.41 Å². The number of carbonyl (C=O) groups excluding carboxylic acids is 1. The molecule has 0 radical (unpaired) electrons. The molecule has 0 aliphatic heterocycles. The largest absolute Gasteiger partial charge is 0.386 e. The van der Waals surface area contributed by atoms with Crippen molar-refractivity contribution in [2.45, 2.75) is 46.4 Å². The third-order valence-corrected chi connectivity index (χ3v) is 3.56. The maximum Gasteiger partial charge on any atom is 0.207 e. The SMILES string of the molecule is CC.COC(C)C(O)c1ccccc1C.O=CNCc1ccccc1. The fourth-order valence-corrected chi connectivity index (χ4v) is 2.06. The number of aliphatic hydroxyl groups excluding tert-OH is 1. The van der Waals surface area contributed by atoms with Gasteiger partial charge in [-0.15, -0.1) is 0 Å². The van der Waals surface area contributed by atoms with Gasteiger partial charge in [-0.25, -0.2) is 0 Å². The fourth-order valence-electron chi connectivity index (χ4n) is 2.06. The van der Waals surface area contributed by atoms with E-state index < -0.39 is 6.10 Å². The highest BCUT2D eigenvalue weighted by Crippen LogP contribution is 2.21. The molecular weight excluding hydrogens is 314 g/mol. The Morgan fingerprint density at radius 1 is 1.08 bits per heavy atom. The number of carbonyl (C=O) groups is 1. The standard InChI is InChI=1S/C11H16O2.C8H9NO.C2H6/c1-8-6-4-5-7-10(8)11(12)9(2)13-3;10-7-9-6-8-4-2-1-3-5-8;1-2/h4-7,9,11-12H,1-3H3;1-5,7H,6H2,(H,9,10);1-2H3. The topological polar surface area (TPSA) is 58.6 Å². The molecule has 25 heavy (non-hydrogen) atoms. The molecule has 0 saturated heterocycles. The molecule has 2 aromatic carbocycles. The van der Waals surface area contributed by atoms with Crippen LogP contribution in [0.5, 0.6) is 0 Å². The van der Waals surface area contributed by atoms with Gasteiger partial charge in [0.1, 0.15) is 6.10 Å². The summed E-state index contributed by atoms with van der Waals surface area (Å²) in [5.74, 6) is 0. The number of nitrogens with one attached hydrogen (secondary N) is 1. The molecular formula is C21H31NO3. The molecule has 0 heterocycles. The zero-order valence-corrected chi connectivity index (χ0v) is 15.9. The first-order valence-corrected chi connectivity index (χ1v) is 8.57. The number of amides is 1. The third kappa shape index (κ3) is 9.03. The van der Waals surface area contributed by atoms with Gasteiger partial charge in [0.15, 0.2) is 0 Å². The molecule has 4 nitrogen and oxygen atoms in total. The number of rotatable bonds is 6. The Balaban J connectivity index is 0.000000430. The zero-order valence-electron chi connectivity index (χ0n) is 15.9. The van der Waals surface area contributed by atoms with Crippen molar-refractivity contribution in [2.75, 3.05) is 7.11 Å². The van der Waals surface area contributed by atoms with Gasteiger partial charge in [0.05, 0.1) is 6.10 Å². The summed E-state index contributed by atoms with van der Waals surface area (Å²) in [6, 6.07) is 17.6. The highest BCUT2D eigenvalue weighted by Gasteiger charge is 2.16. The van der Waals surface area contributed by atoms with E-state index in [4.69, 9.17) is 4.74 Å². The predicted octanol–water partition coefficient (Wildman–Crippen LogP) is 4.02. The Hall–Kier alpha value is -2.17. The summed E-state index contributed by atoms with van der Waals surface area (Å²) >= 11 is 0. The van der Waals surface area contributed by atoms with E-state index in [1.807, 2.05) is 82.3 Å². The van der Waals surface area contributed by atoms with Crippen LogP contribution in [0, 0.1) is 6.92 Å². The molecule has 2 N–H and O–H groups in total. The van der Waals surface area contributed by atoms with Gasteiger partial charge in [-0.3, -0.25) is 4.79 Å². The lowest BCUT2D eigenvalue weighted by Gasteiger charge is -2.19. The van der Waals surface area contributed by atoms with E-state index in [1.54, 1.807) is 7.11 Å². The predicted molar refractivity (Wildman–Crippen MR) is 103 cm³/mol. The molecule has 0 bridgehead atoms. The molecule has 0 aliphatic rings. The average Bonchev–Trinajstić information content (AvgIpc) is 2.68. The molecule has 4 heteroatoms. The Labute approximate surface area is 151 Å². The number of aryl methyl sites for hydroxylation is 1. The monoisotopic (exact) mass is 345 g/mol. The van der Waals surface area contributed by atoms with Gasteiger partial charge >= 0.3 is 0 Å². The Morgan fingerprint density at radius 3 is 2.16 bits per heavy atom. The molecule has 2 unspecified atom stereocenters. The van der Waals surface area contributed by atoms with Crippen molar-refractivity contribution in [3.8, 4) is 0 Å². The van der Waals surface area contributed by atoms with Crippen LogP contribution in [0.3, 0.4) is 0 Å². The van der Waals surface area contributed by atoms with Crippen molar-refractivity contribution in [1.29, 1.82) is 0 Å². The summed E-state index contributed by atoms with van der Waals surface area (Å²) in [6.45, 7) is 8.46. The molecule has 0 aliphatic carbocycles. The van der Waals surface area contributed by atoms with E-state index >= 15 is 0 Å².